The Hall–Kier alpha value is 0.497. The summed E-state index contributed by atoms with van der Waals surface area (Å²) >= 11 is 11.2. The molecular formula is C9H14Cl2OSi. The fourth-order valence-corrected chi connectivity index (χ4v) is 4.71. The van der Waals surface area contributed by atoms with Crippen molar-refractivity contribution in [1.29, 1.82) is 0 Å². The summed E-state index contributed by atoms with van der Waals surface area (Å²) in [6, 6.07) is 0. The summed E-state index contributed by atoms with van der Waals surface area (Å²) in [4.78, 5) is -0.346. The van der Waals surface area contributed by atoms with Gasteiger partial charge >= 0.3 is 0 Å². The summed E-state index contributed by atoms with van der Waals surface area (Å²) in [6.45, 7) is 0.521. The number of halogens is 2. The van der Waals surface area contributed by atoms with E-state index in [0.29, 0.717) is 6.61 Å². The Bertz CT molecular complexity index is 208. The molecule has 0 amide bonds. The number of hydrogen-bond donors (Lipinski definition) is 0. The zero-order valence-electron chi connectivity index (χ0n) is 7.46. The molecule has 2 rings (SSSR count). The van der Waals surface area contributed by atoms with Crippen molar-refractivity contribution < 1.29 is 4.43 Å². The molecule has 0 aromatic carbocycles. The van der Waals surface area contributed by atoms with E-state index in [1.54, 1.807) is 0 Å². The first kappa shape index (κ1) is 10.0. The Morgan fingerprint density at radius 2 is 2.23 bits per heavy atom. The number of fused-ring (bicyclic) bond motifs is 2. The minimum atomic E-state index is -0.403. The molecular weight excluding hydrogens is 223 g/mol. The number of allylic oxidation sites excluding steroid dienone is 2. The van der Waals surface area contributed by atoms with Gasteiger partial charge in [-0.1, -0.05) is 12.2 Å². The van der Waals surface area contributed by atoms with E-state index in [4.69, 9.17) is 27.6 Å². The lowest BCUT2D eigenvalue weighted by molar-refractivity contribution is 0.342. The third-order valence-electron chi connectivity index (χ3n) is 2.99. The maximum absolute atomic E-state index is 5.59. The highest BCUT2D eigenvalue weighted by atomic mass is 35.5. The average Bonchev–Trinajstić information content (AvgIpc) is 2.64. The normalized spacial score (nSPS) is 37.3. The van der Waals surface area contributed by atoms with Gasteiger partial charge in [0, 0.05) is 0 Å². The van der Waals surface area contributed by atoms with Gasteiger partial charge in [-0.25, -0.2) is 0 Å². The number of rotatable bonds is 4. The van der Waals surface area contributed by atoms with E-state index in [2.05, 4.69) is 12.2 Å². The Morgan fingerprint density at radius 1 is 1.38 bits per heavy atom. The molecule has 0 saturated heterocycles. The molecule has 3 unspecified atom stereocenters. The second-order valence-corrected chi connectivity index (χ2v) is 7.04. The van der Waals surface area contributed by atoms with Gasteiger partial charge in [0.2, 0.25) is 0 Å². The minimum Gasteiger partial charge on any atom is -0.421 e. The molecule has 0 heterocycles. The van der Waals surface area contributed by atoms with Crippen LogP contribution in [0.15, 0.2) is 12.2 Å². The molecule has 0 radical (unpaired) electrons. The first-order valence-electron chi connectivity index (χ1n) is 4.80. The van der Waals surface area contributed by atoms with Gasteiger partial charge in [0.15, 0.2) is 9.76 Å². The van der Waals surface area contributed by atoms with Crippen LogP contribution in [0, 0.1) is 11.8 Å². The highest BCUT2D eigenvalue weighted by molar-refractivity contribution is 6.44. The van der Waals surface area contributed by atoms with E-state index in [1.165, 1.54) is 12.8 Å². The topological polar surface area (TPSA) is 9.23 Å². The molecule has 1 fully saturated rings. The molecule has 4 heteroatoms. The molecule has 1 saturated carbocycles. The van der Waals surface area contributed by atoms with Crippen molar-refractivity contribution in [2.45, 2.75) is 23.2 Å². The summed E-state index contributed by atoms with van der Waals surface area (Å²) in [5.74, 6) is 1.68. The zero-order valence-corrected chi connectivity index (χ0v) is 10.4. The quantitative estimate of drug-likeness (QED) is 0.414. The van der Waals surface area contributed by atoms with Crippen molar-refractivity contribution in [3.63, 3.8) is 0 Å². The van der Waals surface area contributed by atoms with Crippen LogP contribution in [0.1, 0.15) is 12.8 Å². The summed E-state index contributed by atoms with van der Waals surface area (Å²) in [5.41, 5.74) is 0.849. The molecule has 0 N–H and O–H groups in total. The third kappa shape index (κ3) is 2.49. The average molecular weight is 237 g/mol. The summed E-state index contributed by atoms with van der Waals surface area (Å²) in [7, 11) is -0.403. The van der Waals surface area contributed by atoms with Crippen molar-refractivity contribution in [3.05, 3.63) is 12.2 Å². The highest BCUT2D eigenvalue weighted by Crippen LogP contribution is 2.46. The van der Waals surface area contributed by atoms with Gasteiger partial charge in [-0.05, 0) is 30.2 Å². The molecule has 0 aromatic rings. The van der Waals surface area contributed by atoms with E-state index in [1.807, 2.05) is 0 Å². The maximum Gasteiger partial charge on any atom is 0.165 e. The van der Waals surface area contributed by atoms with Crippen LogP contribution in [0.3, 0.4) is 0 Å². The zero-order chi connectivity index (χ0) is 9.26. The lowest BCUT2D eigenvalue weighted by Crippen LogP contribution is -2.15. The van der Waals surface area contributed by atoms with Crippen LogP contribution in [0.25, 0.3) is 0 Å². The largest absolute Gasteiger partial charge is 0.421 e. The molecule has 1 nitrogen and oxygen atoms in total. The molecule has 0 spiro atoms. The van der Waals surface area contributed by atoms with Gasteiger partial charge < -0.3 is 4.43 Å². The smallest absolute Gasteiger partial charge is 0.165 e. The van der Waals surface area contributed by atoms with Crippen molar-refractivity contribution in [2.75, 3.05) is 6.61 Å². The lowest BCUT2D eigenvalue weighted by Gasteiger charge is -2.17. The molecule has 0 aromatic heterocycles. The van der Waals surface area contributed by atoms with Gasteiger partial charge in [-0.2, -0.15) is 0 Å². The molecule has 2 aliphatic rings. The minimum absolute atomic E-state index is 0.346. The molecule has 3 atom stereocenters. The van der Waals surface area contributed by atoms with Crippen LogP contribution in [0.2, 0.25) is 5.54 Å². The maximum atomic E-state index is 5.59. The summed E-state index contributed by atoms with van der Waals surface area (Å²) in [6.07, 6.45) is 7.45. The first-order valence-corrected chi connectivity index (χ1v) is 7.06. The van der Waals surface area contributed by atoms with Crippen LogP contribution in [0.4, 0.5) is 0 Å². The number of hydrogen-bond acceptors (Lipinski definition) is 1. The van der Waals surface area contributed by atoms with E-state index >= 15 is 0 Å². The predicted molar refractivity (Wildman–Crippen MR) is 59.1 cm³/mol. The fourth-order valence-electron chi connectivity index (χ4n) is 2.39. The summed E-state index contributed by atoms with van der Waals surface area (Å²) < 4.78 is 5.57. The standard InChI is InChI=1S/C9H14Cl2OSi/c10-9(11)5-12-13-8-4-6-1-2-7(8)3-6/h1-2,6-9H,3-5,13H2. The fraction of sp³-hybridized carbons (Fsp3) is 0.778. The highest BCUT2D eigenvalue weighted by Gasteiger charge is 2.35. The Labute approximate surface area is 91.4 Å². The van der Waals surface area contributed by atoms with E-state index in [0.717, 1.165) is 17.4 Å². The summed E-state index contributed by atoms with van der Waals surface area (Å²) in [5, 5.41) is 0. The third-order valence-corrected chi connectivity index (χ3v) is 5.08. The van der Waals surface area contributed by atoms with Gasteiger partial charge in [-0.3, -0.25) is 0 Å². The van der Waals surface area contributed by atoms with Gasteiger partial charge in [0.1, 0.15) is 4.84 Å². The van der Waals surface area contributed by atoms with E-state index in [9.17, 15) is 0 Å². The van der Waals surface area contributed by atoms with Crippen molar-refractivity contribution >= 4 is 33.0 Å². The van der Waals surface area contributed by atoms with Crippen molar-refractivity contribution in [1.82, 2.24) is 0 Å². The van der Waals surface area contributed by atoms with Crippen LogP contribution in [-0.2, 0) is 4.43 Å². The van der Waals surface area contributed by atoms with Gasteiger partial charge in [0.05, 0.1) is 6.61 Å². The van der Waals surface area contributed by atoms with Crippen LogP contribution in [0.5, 0.6) is 0 Å². The van der Waals surface area contributed by atoms with Crippen LogP contribution in [-0.4, -0.2) is 21.2 Å². The Balaban J connectivity index is 1.69. The second kappa shape index (κ2) is 4.35. The van der Waals surface area contributed by atoms with Crippen LogP contribution >= 0.6 is 23.2 Å². The molecule has 2 aliphatic carbocycles. The SMILES string of the molecule is ClC(Cl)CO[SiH2]C1CC2C=CC1C2. The first-order chi connectivity index (χ1) is 6.25. The Kier molecular flexibility index (Phi) is 3.35. The molecule has 2 bridgehead atoms. The van der Waals surface area contributed by atoms with E-state index in [-0.39, 0.29) is 4.84 Å². The van der Waals surface area contributed by atoms with Crippen LogP contribution < -0.4 is 0 Å². The van der Waals surface area contributed by atoms with Gasteiger partial charge in [0.25, 0.3) is 0 Å². The predicted octanol–water partition coefficient (Wildman–Crippen LogP) is 2.28. The van der Waals surface area contributed by atoms with Gasteiger partial charge in [-0.15, -0.1) is 23.2 Å². The van der Waals surface area contributed by atoms with Crippen molar-refractivity contribution in [2.24, 2.45) is 11.8 Å². The lowest BCUT2D eigenvalue weighted by atomic mass is 10.1. The molecule has 74 valence electrons. The van der Waals surface area contributed by atoms with E-state index < -0.39 is 9.76 Å². The molecule has 0 aliphatic heterocycles. The Morgan fingerprint density at radius 3 is 2.77 bits per heavy atom. The van der Waals surface area contributed by atoms with Crippen molar-refractivity contribution in [3.8, 4) is 0 Å². The number of alkyl halides is 2. The second-order valence-electron chi connectivity index (χ2n) is 3.97. The monoisotopic (exact) mass is 236 g/mol. The molecule has 13 heavy (non-hydrogen) atoms.